The van der Waals surface area contributed by atoms with Gasteiger partial charge in [0, 0.05) is 97.5 Å². The van der Waals surface area contributed by atoms with Crippen LogP contribution in [0.2, 0.25) is 0 Å². The number of nitro benzene ring substituents is 2. The van der Waals surface area contributed by atoms with Crippen molar-refractivity contribution in [3.8, 4) is 0 Å². The van der Waals surface area contributed by atoms with Crippen molar-refractivity contribution in [3.63, 3.8) is 0 Å². The first kappa shape index (κ1) is 31.0. The molecule has 3 aliphatic rings. The van der Waals surface area contributed by atoms with Crippen LogP contribution in [-0.2, 0) is 0 Å². The van der Waals surface area contributed by atoms with Crippen molar-refractivity contribution in [3.05, 3.63) is 103 Å². The van der Waals surface area contributed by atoms with Crippen LogP contribution in [0.3, 0.4) is 0 Å². The number of amides is 4. The summed E-state index contributed by atoms with van der Waals surface area (Å²) >= 11 is 0. The molecule has 1 fully saturated rings. The number of nitrogens with zero attached hydrogens (tertiary/aromatic N) is 6. The van der Waals surface area contributed by atoms with Crippen LogP contribution in [0, 0.1) is 20.2 Å². The molecule has 14 nitrogen and oxygen atoms in total. The van der Waals surface area contributed by atoms with E-state index in [0.717, 1.165) is 9.80 Å². The fourth-order valence-electron chi connectivity index (χ4n) is 7.45. The Labute approximate surface area is 273 Å². The lowest BCUT2D eigenvalue weighted by molar-refractivity contribution is -0.384. The van der Waals surface area contributed by atoms with Crippen molar-refractivity contribution >= 4 is 56.5 Å². The van der Waals surface area contributed by atoms with Gasteiger partial charge >= 0.3 is 0 Å². The van der Waals surface area contributed by atoms with Crippen LogP contribution < -0.4 is 0 Å². The maximum atomic E-state index is 13.5. The Bertz CT molecular complexity index is 2100. The van der Waals surface area contributed by atoms with E-state index >= 15 is 0 Å². The summed E-state index contributed by atoms with van der Waals surface area (Å²) < 4.78 is 0. The van der Waals surface area contributed by atoms with Gasteiger partial charge in [0.05, 0.1) is 21.0 Å². The Balaban J connectivity index is 1.02. The first-order valence-electron chi connectivity index (χ1n) is 15.6. The number of hydrogen-bond acceptors (Lipinski definition) is 10. The molecule has 2 atom stereocenters. The van der Waals surface area contributed by atoms with Crippen molar-refractivity contribution in [1.82, 2.24) is 19.6 Å². The number of nitro groups is 2. The smallest absolute Gasteiger partial charge is 0.270 e. The van der Waals surface area contributed by atoms with Crippen LogP contribution >= 0.6 is 0 Å². The molecule has 0 N–H and O–H groups in total. The van der Waals surface area contributed by atoms with Crippen LogP contribution in [0.1, 0.15) is 55.3 Å². The zero-order chi connectivity index (χ0) is 34.0. The van der Waals surface area contributed by atoms with Crippen LogP contribution in [0.25, 0.3) is 21.5 Å². The Morgan fingerprint density at radius 1 is 0.604 bits per heavy atom. The molecular formula is C34H30N6O8. The van der Waals surface area contributed by atoms with Gasteiger partial charge in [-0.15, -0.1) is 0 Å². The number of piperazine rings is 1. The van der Waals surface area contributed by atoms with Crippen molar-refractivity contribution in [1.29, 1.82) is 0 Å². The minimum absolute atomic E-state index is 0.00886. The maximum absolute atomic E-state index is 13.5. The standard InChI is InChI=1S/C34H30N6O8/c1-19-17-35(9-10-37-31(41)25-7-3-5-21-13-23(39(45)46)15-27(29(21)25)33(37)43)18-20(2)36(19)11-12-38-32(42)26-8-4-6-22-14-24(40(47)48)16-28(30(22)26)34(38)44/h3-8,13-16,19-20H,9-12,17-18H2,1-2H3/t19-,20+. The van der Waals surface area contributed by atoms with Crippen LogP contribution in [-0.4, -0.2) is 104 Å². The topological polar surface area (TPSA) is 168 Å². The number of carbonyl (C=O) groups excluding carboxylic acids is 4. The second kappa shape index (κ2) is 11.6. The van der Waals surface area contributed by atoms with Gasteiger partial charge in [0.25, 0.3) is 35.0 Å². The highest BCUT2D eigenvalue weighted by atomic mass is 16.6. The number of carbonyl (C=O) groups is 4. The van der Waals surface area contributed by atoms with Gasteiger partial charge < -0.3 is 0 Å². The highest BCUT2D eigenvalue weighted by Gasteiger charge is 2.38. The quantitative estimate of drug-likeness (QED) is 0.154. The highest BCUT2D eigenvalue weighted by Crippen LogP contribution is 2.35. The summed E-state index contributed by atoms with van der Waals surface area (Å²) in [4.78, 5) is 82.4. The molecule has 4 aromatic carbocycles. The molecule has 1 saturated heterocycles. The molecule has 0 aliphatic carbocycles. The largest absolute Gasteiger partial charge is 0.298 e. The Hall–Kier alpha value is -5.60. The Kier molecular flexibility index (Phi) is 7.48. The van der Waals surface area contributed by atoms with E-state index in [0.29, 0.717) is 58.9 Å². The lowest BCUT2D eigenvalue weighted by Crippen LogP contribution is -2.59. The van der Waals surface area contributed by atoms with Gasteiger partial charge in [-0.2, -0.15) is 0 Å². The van der Waals surface area contributed by atoms with Gasteiger partial charge in [-0.1, -0.05) is 24.3 Å². The zero-order valence-corrected chi connectivity index (χ0v) is 26.1. The van der Waals surface area contributed by atoms with Crippen molar-refractivity contribution in [2.45, 2.75) is 25.9 Å². The van der Waals surface area contributed by atoms with Gasteiger partial charge in [0.15, 0.2) is 0 Å². The third kappa shape index (κ3) is 4.96. The van der Waals surface area contributed by atoms with Gasteiger partial charge in [-0.05, 0) is 36.8 Å². The molecular weight excluding hydrogens is 620 g/mol. The average Bonchev–Trinajstić information content (AvgIpc) is 3.06. The number of imide groups is 2. The van der Waals surface area contributed by atoms with E-state index in [1.807, 2.05) is 13.8 Å². The maximum Gasteiger partial charge on any atom is 0.270 e. The van der Waals surface area contributed by atoms with E-state index in [-0.39, 0.29) is 47.7 Å². The molecule has 0 radical (unpaired) electrons. The zero-order valence-electron chi connectivity index (χ0n) is 26.1. The molecule has 3 heterocycles. The monoisotopic (exact) mass is 650 g/mol. The Morgan fingerprint density at radius 3 is 1.46 bits per heavy atom. The molecule has 0 aromatic heterocycles. The molecule has 0 bridgehead atoms. The molecule has 14 heteroatoms. The minimum atomic E-state index is -0.565. The second-order valence-electron chi connectivity index (χ2n) is 12.5. The number of benzene rings is 4. The number of hydrogen-bond donors (Lipinski definition) is 0. The van der Waals surface area contributed by atoms with Gasteiger partial charge in [-0.25, -0.2) is 0 Å². The van der Waals surface area contributed by atoms with Gasteiger partial charge in [0.2, 0.25) is 0 Å². The van der Waals surface area contributed by atoms with Crippen molar-refractivity contribution in [2.75, 3.05) is 39.3 Å². The van der Waals surface area contributed by atoms with E-state index in [4.69, 9.17) is 0 Å². The first-order valence-corrected chi connectivity index (χ1v) is 15.6. The third-order valence-electron chi connectivity index (χ3n) is 9.65. The fourth-order valence-corrected chi connectivity index (χ4v) is 7.45. The number of rotatable bonds is 8. The summed E-state index contributed by atoms with van der Waals surface area (Å²) in [6.45, 7) is 6.20. The average molecular weight is 651 g/mol. The Morgan fingerprint density at radius 2 is 1.02 bits per heavy atom. The van der Waals surface area contributed by atoms with Crippen molar-refractivity contribution < 1.29 is 29.0 Å². The SMILES string of the molecule is C[C@@H]1CN(CCN2C(=O)c3cccc4cc([N+](=O)[O-])cc(c34)C2=O)C[C@H](C)N1CCN1C(=O)c2cccc3cc([N+](=O)[O-])cc(c23)C1=O. The fraction of sp³-hybridized carbons (Fsp3) is 0.294. The molecule has 0 spiro atoms. The predicted octanol–water partition coefficient (Wildman–Crippen LogP) is 4.10. The molecule has 3 aliphatic heterocycles. The summed E-state index contributed by atoms with van der Waals surface area (Å²) in [5.41, 5.74) is 0.502. The minimum Gasteiger partial charge on any atom is -0.298 e. The van der Waals surface area contributed by atoms with E-state index in [1.165, 1.54) is 24.3 Å². The lowest BCUT2D eigenvalue weighted by atomic mass is 9.93. The van der Waals surface area contributed by atoms with Crippen molar-refractivity contribution in [2.24, 2.45) is 0 Å². The lowest BCUT2D eigenvalue weighted by Gasteiger charge is -2.45. The third-order valence-corrected chi connectivity index (χ3v) is 9.65. The molecule has 4 amide bonds. The van der Waals surface area contributed by atoms with Gasteiger partial charge in [-0.3, -0.25) is 59.0 Å². The van der Waals surface area contributed by atoms with Crippen LogP contribution in [0.4, 0.5) is 11.4 Å². The predicted molar refractivity (Wildman–Crippen MR) is 174 cm³/mol. The summed E-state index contributed by atoms with van der Waals surface area (Å²) in [5, 5.41) is 24.8. The van der Waals surface area contributed by atoms with E-state index in [2.05, 4.69) is 9.80 Å². The second-order valence-corrected chi connectivity index (χ2v) is 12.5. The molecule has 7 rings (SSSR count). The molecule has 0 saturated carbocycles. The number of non-ortho nitro benzene ring substituents is 2. The van der Waals surface area contributed by atoms with Gasteiger partial charge in [0.1, 0.15) is 0 Å². The highest BCUT2D eigenvalue weighted by molar-refractivity contribution is 6.26. The summed E-state index contributed by atoms with van der Waals surface area (Å²) in [6.07, 6.45) is 0. The van der Waals surface area contributed by atoms with E-state index in [1.54, 1.807) is 36.4 Å². The summed E-state index contributed by atoms with van der Waals surface area (Å²) in [5.74, 6) is -2.01. The van der Waals surface area contributed by atoms with E-state index in [9.17, 15) is 39.4 Å². The molecule has 4 aromatic rings. The summed E-state index contributed by atoms with van der Waals surface area (Å²) in [6, 6.07) is 15.0. The van der Waals surface area contributed by atoms with E-state index < -0.39 is 33.5 Å². The van der Waals surface area contributed by atoms with Crippen LogP contribution in [0.5, 0.6) is 0 Å². The summed E-state index contributed by atoms with van der Waals surface area (Å²) in [7, 11) is 0. The molecule has 0 unspecified atom stereocenters. The molecule has 48 heavy (non-hydrogen) atoms. The first-order chi connectivity index (χ1) is 22.9. The van der Waals surface area contributed by atoms with Crippen LogP contribution in [0.15, 0.2) is 60.7 Å². The normalized spacial score (nSPS) is 19.9. The molecule has 244 valence electrons.